The maximum Gasteiger partial charge on any atom is 0.416 e. The second-order valence-corrected chi connectivity index (χ2v) is 4.15. The number of hydrogen-bond donors (Lipinski definition) is 3. The Morgan fingerprint density at radius 3 is 2.57 bits per heavy atom. The highest BCUT2D eigenvalue weighted by Gasteiger charge is 2.30. The summed E-state index contributed by atoms with van der Waals surface area (Å²) < 4.78 is 37.5. The molecule has 0 bridgehead atoms. The molecule has 0 aliphatic carbocycles. The van der Waals surface area contributed by atoms with Gasteiger partial charge in [-0.1, -0.05) is 0 Å². The molecule has 4 N–H and O–H groups in total. The molecule has 2 aromatic rings. The van der Waals surface area contributed by atoms with Crippen LogP contribution in [0.3, 0.4) is 0 Å². The number of amides is 1. The highest BCUT2D eigenvalue weighted by atomic mass is 19.4. The summed E-state index contributed by atoms with van der Waals surface area (Å²) in [6.45, 7) is 0. The average molecular weight is 297 g/mol. The fraction of sp³-hybridized carbons (Fsp3) is 0.0769. The van der Waals surface area contributed by atoms with Gasteiger partial charge in [-0.15, -0.1) is 0 Å². The number of rotatable bonds is 2. The van der Waals surface area contributed by atoms with Gasteiger partial charge in [0, 0.05) is 6.20 Å². The number of benzene rings is 1. The van der Waals surface area contributed by atoms with E-state index in [2.05, 4.69) is 10.3 Å². The van der Waals surface area contributed by atoms with Crippen LogP contribution in [0.4, 0.5) is 24.5 Å². The number of carbonyl (C=O) groups is 1. The van der Waals surface area contributed by atoms with Gasteiger partial charge in [-0.05, 0) is 24.3 Å². The van der Waals surface area contributed by atoms with E-state index < -0.39 is 17.6 Å². The van der Waals surface area contributed by atoms with Crippen LogP contribution >= 0.6 is 0 Å². The molecule has 21 heavy (non-hydrogen) atoms. The lowest BCUT2D eigenvalue weighted by Gasteiger charge is -2.12. The van der Waals surface area contributed by atoms with E-state index in [-0.39, 0.29) is 22.7 Å². The highest BCUT2D eigenvalue weighted by Crippen LogP contribution is 2.33. The van der Waals surface area contributed by atoms with Crippen molar-refractivity contribution in [3.63, 3.8) is 0 Å². The van der Waals surface area contributed by atoms with Gasteiger partial charge in [0.2, 0.25) is 0 Å². The van der Waals surface area contributed by atoms with Crippen molar-refractivity contribution < 1.29 is 23.1 Å². The first-order chi connectivity index (χ1) is 9.79. The van der Waals surface area contributed by atoms with Crippen LogP contribution in [0.5, 0.6) is 5.75 Å². The maximum absolute atomic E-state index is 12.5. The summed E-state index contributed by atoms with van der Waals surface area (Å²) in [7, 11) is 0. The molecule has 1 aromatic carbocycles. The van der Waals surface area contributed by atoms with Crippen molar-refractivity contribution in [3.8, 4) is 5.75 Å². The molecule has 8 heteroatoms. The zero-order valence-electron chi connectivity index (χ0n) is 10.5. The maximum atomic E-state index is 12.5. The predicted molar refractivity (Wildman–Crippen MR) is 69.7 cm³/mol. The van der Waals surface area contributed by atoms with Crippen LogP contribution < -0.4 is 11.1 Å². The Labute approximate surface area is 117 Å². The lowest BCUT2D eigenvalue weighted by molar-refractivity contribution is -0.137. The van der Waals surface area contributed by atoms with Crippen molar-refractivity contribution in [1.29, 1.82) is 0 Å². The number of nitrogens with two attached hydrogens (primary N) is 1. The Bertz CT molecular complexity index is 687. The lowest BCUT2D eigenvalue weighted by atomic mass is 10.1. The average Bonchev–Trinajstić information content (AvgIpc) is 2.40. The number of aromatic nitrogens is 1. The van der Waals surface area contributed by atoms with Gasteiger partial charge >= 0.3 is 6.18 Å². The van der Waals surface area contributed by atoms with E-state index in [1.807, 2.05) is 0 Å². The quantitative estimate of drug-likeness (QED) is 0.743. The van der Waals surface area contributed by atoms with Gasteiger partial charge in [-0.25, -0.2) is 0 Å². The molecule has 0 aliphatic rings. The molecule has 0 radical (unpaired) electrons. The van der Waals surface area contributed by atoms with Crippen LogP contribution in [0.1, 0.15) is 15.9 Å². The van der Waals surface area contributed by atoms with E-state index in [1.165, 1.54) is 12.3 Å². The number of nitrogens with zero attached hydrogens (tertiary/aromatic N) is 1. The van der Waals surface area contributed by atoms with Gasteiger partial charge in [-0.2, -0.15) is 13.2 Å². The number of hydrogen-bond acceptors (Lipinski definition) is 4. The molecule has 0 fully saturated rings. The van der Waals surface area contributed by atoms with E-state index in [4.69, 9.17) is 5.73 Å². The van der Waals surface area contributed by atoms with E-state index >= 15 is 0 Å². The van der Waals surface area contributed by atoms with Crippen LogP contribution in [0, 0.1) is 0 Å². The topological polar surface area (TPSA) is 88.2 Å². The minimum atomic E-state index is -4.51. The normalized spacial score (nSPS) is 11.2. The van der Waals surface area contributed by atoms with Crippen LogP contribution in [-0.4, -0.2) is 16.0 Å². The third-order valence-corrected chi connectivity index (χ3v) is 2.67. The van der Waals surface area contributed by atoms with Crippen molar-refractivity contribution in [2.45, 2.75) is 6.18 Å². The van der Waals surface area contributed by atoms with Gasteiger partial charge in [0.05, 0.1) is 28.7 Å². The van der Waals surface area contributed by atoms with Crippen molar-refractivity contribution in [2.24, 2.45) is 0 Å². The van der Waals surface area contributed by atoms with Crippen molar-refractivity contribution in [2.75, 3.05) is 11.1 Å². The summed E-state index contributed by atoms with van der Waals surface area (Å²) in [5.41, 5.74) is 4.30. The molecule has 5 nitrogen and oxygen atoms in total. The summed E-state index contributed by atoms with van der Waals surface area (Å²) >= 11 is 0. The summed E-state index contributed by atoms with van der Waals surface area (Å²) in [6.07, 6.45) is -2.14. The van der Waals surface area contributed by atoms with E-state index in [0.717, 1.165) is 24.4 Å². The van der Waals surface area contributed by atoms with Crippen molar-refractivity contribution in [1.82, 2.24) is 4.98 Å². The van der Waals surface area contributed by atoms with Gasteiger partial charge in [0.15, 0.2) is 0 Å². The molecule has 0 saturated carbocycles. The standard InChI is InChI=1S/C13H10F3N3O2/c14-13(15,16)7-1-2-10(9(17)5-7)19-12(21)8-3-4-18-6-11(8)20/h1-6,20H,17H2,(H,19,21). The third-order valence-electron chi connectivity index (χ3n) is 2.67. The number of pyridine rings is 1. The molecule has 110 valence electrons. The first-order valence-corrected chi connectivity index (χ1v) is 5.70. The van der Waals surface area contributed by atoms with E-state index in [9.17, 15) is 23.1 Å². The number of carbonyl (C=O) groups excluding carboxylic acids is 1. The molecular weight excluding hydrogens is 287 g/mol. The third kappa shape index (κ3) is 3.22. The molecule has 0 unspecified atom stereocenters. The molecule has 1 amide bonds. The Hall–Kier alpha value is -2.77. The molecule has 1 aromatic heterocycles. The van der Waals surface area contributed by atoms with E-state index in [0.29, 0.717) is 0 Å². The van der Waals surface area contributed by atoms with Crippen LogP contribution in [0.2, 0.25) is 0 Å². The SMILES string of the molecule is Nc1cc(C(F)(F)F)ccc1NC(=O)c1ccncc1O. The summed E-state index contributed by atoms with van der Waals surface area (Å²) in [4.78, 5) is 15.5. The monoisotopic (exact) mass is 297 g/mol. The summed E-state index contributed by atoms with van der Waals surface area (Å²) in [6, 6.07) is 3.85. The van der Waals surface area contributed by atoms with E-state index in [1.54, 1.807) is 0 Å². The number of nitrogens with one attached hydrogen (secondary N) is 1. The van der Waals surface area contributed by atoms with Crippen LogP contribution in [0.25, 0.3) is 0 Å². The van der Waals surface area contributed by atoms with Gasteiger partial charge in [0.25, 0.3) is 5.91 Å². The first-order valence-electron chi connectivity index (χ1n) is 5.70. The highest BCUT2D eigenvalue weighted by molar-refractivity contribution is 6.07. The van der Waals surface area contributed by atoms with Gasteiger partial charge < -0.3 is 16.2 Å². The Kier molecular flexibility index (Phi) is 3.70. The molecule has 0 atom stereocenters. The molecule has 0 aliphatic heterocycles. The largest absolute Gasteiger partial charge is 0.505 e. The Morgan fingerprint density at radius 1 is 1.29 bits per heavy atom. The summed E-state index contributed by atoms with van der Waals surface area (Å²) in [5, 5.41) is 11.8. The fourth-order valence-corrected chi connectivity index (χ4v) is 1.62. The summed E-state index contributed by atoms with van der Waals surface area (Å²) in [5.74, 6) is -1.05. The molecular formula is C13H10F3N3O2. The van der Waals surface area contributed by atoms with Crippen molar-refractivity contribution >= 4 is 17.3 Å². The van der Waals surface area contributed by atoms with Crippen molar-refractivity contribution in [3.05, 3.63) is 47.8 Å². The lowest BCUT2D eigenvalue weighted by Crippen LogP contribution is -2.14. The zero-order chi connectivity index (χ0) is 15.6. The zero-order valence-corrected chi connectivity index (χ0v) is 10.5. The van der Waals surface area contributed by atoms with Crippen LogP contribution in [0.15, 0.2) is 36.7 Å². The number of aromatic hydroxyl groups is 1. The number of halogens is 3. The molecule has 0 saturated heterocycles. The molecule has 1 heterocycles. The number of nitrogen functional groups attached to an aromatic ring is 1. The number of alkyl halides is 3. The first kappa shape index (κ1) is 14.6. The van der Waals surface area contributed by atoms with Gasteiger partial charge in [-0.3, -0.25) is 9.78 Å². The fourth-order valence-electron chi connectivity index (χ4n) is 1.62. The second kappa shape index (κ2) is 5.31. The Morgan fingerprint density at radius 2 is 2.00 bits per heavy atom. The predicted octanol–water partition coefficient (Wildman–Crippen LogP) is 2.64. The van der Waals surface area contributed by atoms with Gasteiger partial charge in [0.1, 0.15) is 5.75 Å². The molecule has 0 spiro atoms. The Balaban J connectivity index is 2.25. The second-order valence-electron chi connectivity index (χ2n) is 4.15. The van der Waals surface area contributed by atoms with Crippen LogP contribution in [-0.2, 0) is 6.18 Å². The molecule has 2 rings (SSSR count). The minimum absolute atomic E-state index is 0.0178. The number of anilines is 2. The smallest absolute Gasteiger partial charge is 0.416 e. The minimum Gasteiger partial charge on any atom is -0.505 e.